The summed E-state index contributed by atoms with van der Waals surface area (Å²) in [5, 5.41) is 16.4. The van der Waals surface area contributed by atoms with Gasteiger partial charge in [-0.15, -0.1) is 5.10 Å². The van der Waals surface area contributed by atoms with Crippen molar-refractivity contribution in [3.05, 3.63) is 47.2 Å². The van der Waals surface area contributed by atoms with E-state index in [4.69, 9.17) is 4.74 Å². The fourth-order valence-electron chi connectivity index (χ4n) is 2.07. The molecule has 6 nitrogen and oxygen atoms in total. The summed E-state index contributed by atoms with van der Waals surface area (Å²) in [6.07, 6.45) is -4.12. The predicted molar refractivity (Wildman–Crippen MR) is 78.5 cm³/mol. The molecule has 0 saturated heterocycles. The topological polar surface area (TPSA) is 76.4 Å². The Morgan fingerprint density at radius 2 is 2.00 bits per heavy atom. The lowest BCUT2D eigenvalue weighted by molar-refractivity contribution is -0.137. The highest BCUT2D eigenvalue weighted by Gasteiger charge is 2.30. The number of nitrogens with zero attached hydrogens (tertiary/aromatic N) is 2. The number of ether oxygens (including phenoxy) is 1. The van der Waals surface area contributed by atoms with Crippen molar-refractivity contribution in [2.45, 2.75) is 12.3 Å². The number of amides is 1. The molecule has 0 fully saturated rings. The van der Waals surface area contributed by atoms with Crippen LogP contribution in [0.1, 0.15) is 27.6 Å². The highest BCUT2D eigenvalue weighted by atomic mass is 19.4. The van der Waals surface area contributed by atoms with Crippen molar-refractivity contribution in [1.29, 1.82) is 0 Å². The zero-order valence-corrected chi connectivity index (χ0v) is 13.0. The van der Waals surface area contributed by atoms with Crippen LogP contribution in [0.25, 0.3) is 0 Å². The van der Waals surface area contributed by atoms with Gasteiger partial charge in [-0.1, -0.05) is 12.1 Å². The molecular weight excluding hydrogens is 327 g/mol. The molecule has 2 aromatic rings. The monoisotopic (exact) mass is 343 g/mol. The molecule has 0 radical (unpaired) electrons. The molecule has 0 bridgehead atoms. The summed E-state index contributed by atoms with van der Waals surface area (Å²) in [6, 6.07) is 4.10. The number of nitrogens with one attached hydrogen (secondary N) is 1. The minimum atomic E-state index is -4.44. The van der Waals surface area contributed by atoms with Crippen molar-refractivity contribution in [3.63, 3.8) is 0 Å². The second kappa shape index (κ2) is 6.91. The smallest absolute Gasteiger partial charge is 0.416 e. The standard InChI is InChI=1S/C15H16F3N3O3/c1-21-8-11(14(20-21)24-2)13(23)19-7-12(22)9-3-5-10(6-4-9)15(16,17)18/h3-6,8,12,22H,7H2,1-2H3,(H,19,23)/t12-/m1/s1. The zero-order chi connectivity index (χ0) is 17.9. The van der Waals surface area contributed by atoms with Crippen molar-refractivity contribution in [3.8, 4) is 5.88 Å². The highest BCUT2D eigenvalue weighted by Crippen LogP contribution is 2.29. The fraction of sp³-hybridized carbons (Fsp3) is 0.333. The van der Waals surface area contributed by atoms with Crippen LogP contribution in [-0.2, 0) is 13.2 Å². The summed E-state index contributed by atoms with van der Waals surface area (Å²) in [4.78, 5) is 12.1. The van der Waals surface area contributed by atoms with E-state index in [0.29, 0.717) is 0 Å². The summed E-state index contributed by atoms with van der Waals surface area (Å²) >= 11 is 0. The van der Waals surface area contributed by atoms with Crippen LogP contribution in [-0.4, -0.2) is 34.4 Å². The molecule has 0 spiro atoms. The number of benzene rings is 1. The van der Waals surface area contributed by atoms with E-state index in [1.807, 2.05) is 0 Å². The SMILES string of the molecule is COc1nn(C)cc1C(=O)NC[C@@H](O)c1ccc(C(F)(F)F)cc1. The van der Waals surface area contributed by atoms with Gasteiger partial charge in [0.15, 0.2) is 0 Å². The number of methoxy groups -OCH3 is 1. The van der Waals surface area contributed by atoms with Gasteiger partial charge in [-0.3, -0.25) is 9.48 Å². The maximum Gasteiger partial charge on any atom is 0.416 e. The third-order valence-electron chi connectivity index (χ3n) is 3.31. The molecule has 1 aromatic carbocycles. The van der Waals surface area contributed by atoms with Crippen LogP contribution in [0.15, 0.2) is 30.5 Å². The summed E-state index contributed by atoms with van der Waals surface area (Å²) in [6.45, 7) is -0.164. The zero-order valence-electron chi connectivity index (χ0n) is 13.0. The molecule has 2 N–H and O–H groups in total. The van der Waals surface area contributed by atoms with Crippen LogP contribution in [0.3, 0.4) is 0 Å². The molecule has 24 heavy (non-hydrogen) atoms. The van der Waals surface area contributed by atoms with E-state index in [-0.39, 0.29) is 23.6 Å². The average Bonchev–Trinajstić information content (AvgIpc) is 2.92. The van der Waals surface area contributed by atoms with Crippen molar-refractivity contribution in [2.24, 2.45) is 7.05 Å². The molecule has 0 aliphatic rings. The number of aryl methyl sites for hydroxylation is 1. The Morgan fingerprint density at radius 3 is 2.54 bits per heavy atom. The van der Waals surface area contributed by atoms with Gasteiger partial charge in [0.25, 0.3) is 5.91 Å². The second-order valence-corrected chi connectivity index (χ2v) is 5.07. The number of rotatable bonds is 5. The number of hydrogen-bond acceptors (Lipinski definition) is 4. The van der Waals surface area contributed by atoms with Gasteiger partial charge < -0.3 is 15.2 Å². The Bertz CT molecular complexity index is 711. The van der Waals surface area contributed by atoms with E-state index >= 15 is 0 Å². The molecule has 9 heteroatoms. The number of alkyl halides is 3. The Labute approximate surface area is 135 Å². The van der Waals surface area contributed by atoms with E-state index in [9.17, 15) is 23.1 Å². The molecule has 1 atom stereocenters. The Kier molecular flexibility index (Phi) is 5.13. The summed E-state index contributed by atoms with van der Waals surface area (Å²) < 4.78 is 43.9. The first kappa shape index (κ1) is 17.8. The first-order valence-corrected chi connectivity index (χ1v) is 6.93. The van der Waals surface area contributed by atoms with Crippen LogP contribution < -0.4 is 10.1 Å². The van der Waals surface area contributed by atoms with Gasteiger partial charge in [-0.2, -0.15) is 13.2 Å². The summed E-state index contributed by atoms with van der Waals surface area (Å²) in [7, 11) is 2.99. The van der Waals surface area contributed by atoms with Crippen LogP contribution in [0.4, 0.5) is 13.2 Å². The molecular formula is C15H16F3N3O3. The van der Waals surface area contributed by atoms with E-state index in [1.54, 1.807) is 7.05 Å². The summed E-state index contributed by atoms with van der Waals surface area (Å²) in [5.74, 6) is -0.370. The second-order valence-electron chi connectivity index (χ2n) is 5.07. The lowest BCUT2D eigenvalue weighted by atomic mass is 10.1. The number of aliphatic hydroxyl groups excluding tert-OH is 1. The van der Waals surface area contributed by atoms with E-state index in [1.165, 1.54) is 30.1 Å². The summed E-state index contributed by atoms with van der Waals surface area (Å²) in [5.41, 5.74) is -0.344. The maximum absolute atomic E-state index is 12.5. The molecule has 0 aliphatic heterocycles. The van der Waals surface area contributed by atoms with Crippen molar-refractivity contribution in [2.75, 3.05) is 13.7 Å². The van der Waals surface area contributed by atoms with Gasteiger partial charge in [-0.25, -0.2) is 0 Å². The van der Waals surface area contributed by atoms with Gasteiger partial charge in [0, 0.05) is 19.8 Å². The van der Waals surface area contributed by atoms with Crippen LogP contribution in [0.2, 0.25) is 0 Å². The maximum atomic E-state index is 12.5. The molecule has 0 saturated carbocycles. The molecule has 2 rings (SSSR count). The predicted octanol–water partition coefficient (Wildman–Crippen LogP) is 1.91. The highest BCUT2D eigenvalue weighted by molar-refractivity contribution is 5.96. The van der Waals surface area contributed by atoms with Crippen LogP contribution >= 0.6 is 0 Å². The first-order valence-electron chi connectivity index (χ1n) is 6.93. The number of carbonyl (C=O) groups is 1. The molecule has 1 amide bonds. The largest absolute Gasteiger partial charge is 0.479 e. The van der Waals surface area contributed by atoms with Crippen molar-refractivity contribution < 1.29 is 27.8 Å². The normalized spacial score (nSPS) is 12.8. The van der Waals surface area contributed by atoms with Crippen molar-refractivity contribution >= 4 is 5.91 Å². The lowest BCUT2D eigenvalue weighted by Gasteiger charge is -2.13. The number of carbonyl (C=O) groups excluding carboxylic acids is 1. The fourth-order valence-corrected chi connectivity index (χ4v) is 2.07. The third kappa shape index (κ3) is 4.05. The van der Waals surface area contributed by atoms with Gasteiger partial charge in [0.2, 0.25) is 5.88 Å². The van der Waals surface area contributed by atoms with Gasteiger partial charge >= 0.3 is 6.18 Å². The third-order valence-corrected chi connectivity index (χ3v) is 3.31. The Hall–Kier alpha value is -2.55. The minimum absolute atomic E-state index is 0.138. The number of halogens is 3. The van der Waals surface area contributed by atoms with Gasteiger partial charge in [-0.05, 0) is 17.7 Å². The van der Waals surface area contributed by atoms with E-state index in [2.05, 4.69) is 10.4 Å². The first-order chi connectivity index (χ1) is 11.2. The Morgan fingerprint density at radius 1 is 1.38 bits per heavy atom. The van der Waals surface area contributed by atoms with Gasteiger partial charge in [0.1, 0.15) is 5.56 Å². The molecule has 1 heterocycles. The minimum Gasteiger partial charge on any atom is -0.479 e. The van der Waals surface area contributed by atoms with E-state index in [0.717, 1.165) is 12.1 Å². The van der Waals surface area contributed by atoms with E-state index < -0.39 is 23.8 Å². The average molecular weight is 343 g/mol. The lowest BCUT2D eigenvalue weighted by Crippen LogP contribution is -2.28. The van der Waals surface area contributed by atoms with Crippen LogP contribution in [0, 0.1) is 0 Å². The Balaban J connectivity index is 1.99. The number of aromatic nitrogens is 2. The molecule has 130 valence electrons. The van der Waals surface area contributed by atoms with Gasteiger partial charge in [0.05, 0.1) is 18.8 Å². The number of aliphatic hydroxyl groups is 1. The molecule has 0 unspecified atom stereocenters. The molecule has 1 aromatic heterocycles. The van der Waals surface area contributed by atoms with Crippen LogP contribution in [0.5, 0.6) is 5.88 Å². The molecule has 0 aliphatic carbocycles. The quantitative estimate of drug-likeness (QED) is 0.870. The van der Waals surface area contributed by atoms with Crippen molar-refractivity contribution in [1.82, 2.24) is 15.1 Å². The number of hydrogen-bond donors (Lipinski definition) is 2.